The van der Waals surface area contributed by atoms with Gasteiger partial charge in [-0.3, -0.25) is 4.79 Å². The summed E-state index contributed by atoms with van der Waals surface area (Å²) >= 11 is 0. The van der Waals surface area contributed by atoms with Crippen LogP contribution in [-0.4, -0.2) is 19.1 Å². The Bertz CT molecular complexity index is 461. The van der Waals surface area contributed by atoms with E-state index in [4.69, 9.17) is 10.5 Å². The van der Waals surface area contributed by atoms with E-state index in [0.29, 0.717) is 6.54 Å². The van der Waals surface area contributed by atoms with Gasteiger partial charge in [-0.2, -0.15) is 13.2 Å². The lowest BCUT2D eigenvalue weighted by molar-refractivity contribution is -0.137. The van der Waals surface area contributed by atoms with Gasteiger partial charge >= 0.3 is 6.18 Å². The number of halogens is 3. The Morgan fingerprint density at radius 1 is 1.40 bits per heavy atom. The van der Waals surface area contributed by atoms with Crippen molar-refractivity contribution >= 4 is 11.6 Å². The van der Waals surface area contributed by atoms with E-state index in [9.17, 15) is 18.0 Å². The molecule has 0 fully saturated rings. The molecule has 0 aromatic heterocycles. The van der Waals surface area contributed by atoms with Gasteiger partial charge in [0.05, 0.1) is 11.3 Å². The second kappa shape index (κ2) is 7.02. The Kier molecular flexibility index (Phi) is 5.66. The van der Waals surface area contributed by atoms with Crippen LogP contribution in [0.15, 0.2) is 18.2 Å². The number of amides is 1. The fraction of sp³-hybridized carbons (Fsp3) is 0.462. The molecule has 0 unspecified atom stereocenters. The largest absolute Gasteiger partial charge is 0.482 e. The van der Waals surface area contributed by atoms with Crippen LogP contribution in [0.4, 0.5) is 18.9 Å². The van der Waals surface area contributed by atoms with Crippen LogP contribution < -0.4 is 15.8 Å². The molecule has 0 aliphatic rings. The summed E-state index contributed by atoms with van der Waals surface area (Å²) < 4.78 is 42.4. The van der Waals surface area contributed by atoms with E-state index >= 15 is 0 Å². The van der Waals surface area contributed by atoms with Gasteiger partial charge in [-0.25, -0.2) is 0 Å². The summed E-state index contributed by atoms with van der Waals surface area (Å²) in [4.78, 5) is 11.4. The number of ether oxygens (including phenoxy) is 1. The molecule has 1 aromatic rings. The van der Waals surface area contributed by atoms with Gasteiger partial charge < -0.3 is 15.8 Å². The van der Waals surface area contributed by atoms with E-state index in [1.54, 1.807) is 0 Å². The van der Waals surface area contributed by atoms with Crippen LogP contribution in [0, 0.1) is 0 Å². The summed E-state index contributed by atoms with van der Waals surface area (Å²) in [6, 6.07) is 2.75. The molecule has 1 rings (SSSR count). The number of carbonyl (C=O) groups is 1. The first-order valence-electron chi connectivity index (χ1n) is 6.20. The van der Waals surface area contributed by atoms with Crippen LogP contribution in [0.3, 0.4) is 0 Å². The maximum Gasteiger partial charge on any atom is 0.416 e. The van der Waals surface area contributed by atoms with Crippen LogP contribution in [0.5, 0.6) is 5.75 Å². The lowest BCUT2D eigenvalue weighted by Crippen LogP contribution is -2.29. The van der Waals surface area contributed by atoms with Gasteiger partial charge in [0.1, 0.15) is 5.75 Å². The molecule has 20 heavy (non-hydrogen) atoms. The van der Waals surface area contributed by atoms with Crippen molar-refractivity contribution in [2.75, 3.05) is 18.9 Å². The quantitative estimate of drug-likeness (QED) is 0.625. The van der Waals surface area contributed by atoms with Crippen molar-refractivity contribution in [2.24, 2.45) is 0 Å². The fourth-order valence-corrected chi connectivity index (χ4v) is 1.46. The molecule has 0 aliphatic carbocycles. The zero-order valence-corrected chi connectivity index (χ0v) is 11.1. The summed E-state index contributed by atoms with van der Waals surface area (Å²) in [6.45, 7) is 2.26. The summed E-state index contributed by atoms with van der Waals surface area (Å²) in [7, 11) is 0. The van der Waals surface area contributed by atoms with Crippen molar-refractivity contribution in [1.29, 1.82) is 0 Å². The Morgan fingerprint density at radius 3 is 2.65 bits per heavy atom. The van der Waals surface area contributed by atoms with Crippen molar-refractivity contribution in [3.63, 3.8) is 0 Å². The molecule has 0 aliphatic heterocycles. The van der Waals surface area contributed by atoms with Gasteiger partial charge in [0, 0.05) is 6.54 Å². The summed E-state index contributed by atoms with van der Waals surface area (Å²) in [5, 5.41) is 2.62. The lowest BCUT2D eigenvalue weighted by atomic mass is 10.2. The second-order valence-electron chi connectivity index (χ2n) is 4.24. The standard InChI is InChI=1S/C13H17F3N2O2/c1-2-3-6-18-12(19)8-20-11-5-4-9(7-10(11)17)13(14,15)16/h4-5,7H,2-3,6,8,17H2,1H3,(H,18,19). The van der Waals surface area contributed by atoms with Crippen LogP contribution in [0.1, 0.15) is 25.3 Å². The van der Waals surface area contributed by atoms with E-state index in [2.05, 4.69) is 5.32 Å². The number of carbonyl (C=O) groups excluding carboxylic acids is 1. The first-order chi connectivity index (χ1) is 9.34. The zero-order valence-electron chi connectivity index (χ0n) is 11.1. The fourth-order valence-electron chi connectivity index (χ4n) is 1.46. The predicted octanol–water partition coefficient (Wildman–Crippen LogP) is 2.58. The predicted molar refractivity (Wildman–Crippen MR) is 69.3 cm³/mol. The van der Waals surface area contributed by atoms with E-state index in [1.165, 1.54) is 0 Å². The smallest absolute Gasteiger partial charge is 0.416 e. The Balaban J connectivity index is 2.55. The summed E-state index contributed by atoms with van der Waals surface area (Å²) in [5.74, 6) is -0.276. The summed E-state index contributed by atoms with van der Waals surface area (Å²) in [5.41, 5.74) is 4.47. The number of anilines is 1. The average molecular weight is 290 g/mol. The third-order valence-electron chi connectivity index (χ3n) is 2.55. The minimum Gasteiger partial charge on any atom is -0.482 e. The van der Waals surface area contributed by atoms with Crippen molar-refractivity contribution < 1.29 is 22.7 Å². The van der Waals surface area contributed by atoms with E-state index < -0.39 is 11.7 Å². The topological polar surface area (TPSA) is 64.3 Å². The molecule has 0 saturated carbocycles. The number of rotatable bonds is 6. The van der Waals surface area contributed by atoms with Gasteiger partial charge in [-0.05, 0) is 24.6 Å². The minimum absolute atomic E-state index is 0.0589. The Hall–Kier alpha value is -1.92. The number of nitrogens with one attached hydrogen (secondary N) is 1. The van der Waals surface area contributed by atoms with Crippen LogP contribution in [0.2, 0.25) is 0 Å². The monoisotopic (exact) mass is 290 g/mol. The maximum absolute atomic E-state index is 12.4. The number of hydrogen-bond donors (Lipinski definition) is 2. The molecule has 0 atom stereocenters. The minimum atomic E-state index is -4.45. The van der Waals surface area contributed by atoms with Crippen LogP contribution in [-0.2, 0) is 11.0 Å². The molecule has 112 valence electrons. The molecular weight excluding hydrogens is 273 g/mol. The lowest BCUT2D eigenvalue weighted by Gasteiger charge is -2.12. The van der Waals surface area contributed by atoms with E-state index in [0.717, 1.165) is 31.0 Å². The van der Waals surface area contributed by atoms with Gasteiger partial charge in [-0.1, -0.05) is 13.3 Å². The van der Waals surface area contributed by atoms with Gasteiger partial charge in [0.25, 0.3) is 5.91 Å². The maximum atomic E-state index is 12.4. The molecule has 3 N–H and O–H groups in total. The number of nitrogens with two attached hydrogens (primary N) is 1. The third kappa shape index (κ3) is 4.99. The number of alkyl halides is 3. The molecule has 0 spiro atoms. The highest BCUT2D eigenvalue weighted by Crippen LogP contribution is 2.33. The number of nitrogen functional groups attached to an aromatic ring is 1. The van der Waals surface area contributed by atoms with Crippen molar-refractivity contribution in [3.8, 4) is 5.75 Å². The van der Waals surface area contributed by atoms with Gasteiger partial charge in [0.15, 0.2) is 6.61 Å². The molecule has 0 heterocycles. The molecule has 0 radical (unpaired) electrons. The number of unbranched alkanes of at least 4 members (excludes halogenated alkanes) is 1. The third-order valence-corrected chi connectivity index (χ3v) is 2.55. The second-order valence-corrected chi connectivity index (χ2v) is 4.24. The zero-order chi connectivity index (χ0) is 15.2. The first kappa shape index (κ1) is 16.1. The van der Waals surface area contributed by atoms with Crippen LogP contribution in [0.25, 0.3) is 0 Å². The van der Waals surface area contributed by atoms with Crippen molar-refractivity contribution in [3.05, 3.63) is 23.8 Å². The summed E-state index contributed by atoms with van der Waals surface area (Å²) in [6.07, 6.45) is -2.65. The first-order valence-corrected chi connectivity index (χ1v) is 6.20. The van der Waals surface area contributed by atoms with Gasteiger partial charge in [-0.15, -0.1) is 0 Å². The van der Waals surface area contributed by atoms with E-state index in [1.807, 2.05) is 6.92 Å². The molecule has 0 bridgehead atoms. The molecule has 7 heteroatoms. The van der Waals surface area contributed by atoms with Crippen LogP contribution >= 0.6 is 0 Å². The highest BCUT2D eigenvalue weighted by atomic mass is 19.4. The molecule has 1 amide bonds. The number of benzene rings is 1. The number of hydrogen-bond acceptors (Lipinski definition) is 3. The molecular formula is C13H17F3N2O2. The normalized spacial score (nSPS) is 11.2. The Labute approximate surface area is 115 Å². The average Bonchev–Trinajstić information content (AvgIpc) is 2.36. The highest BCUT2D eigenvalue weighted by Gasteiger charge is 2.30. The van der Waals surface area contributed by atoms with Crippen molar-refractivity contribution in [2.45, 2.75) is 25.9 Å². The van der Waals surface area contributed by atoms with E-state index in [-0.39, 0.29) is 24.0 Å². The molecule has 0 saturated heterocycles. The van der Waals surface area contributed by atoms with Crippen molar-refractivity contribution in [1.82, 2.24) is 5.32 Å². The molecule has 1 aromatic carbocycles. The SMILES string of the molecule is CCCCNC(=O)COc1ccc(C(F)(F)F)cc1N. The van der Waals surface area contributed by atoms with Gasteiger partial charge in [0.2, 0.25) is 0 Å². The molecule has 4 nitrogen and oxygen atoms in total. The Morgan fingerprint density at radius 2 is 2.10 bits per heavy atom. The highest BCUT2D eigenvalue weighted by molar-refractivity contribution is 5.77.